The van der Waals surface area contributed by atoms with Gasteiger partial charge in [0.1, 0.15) is 6.04 Å². The molecule has 130 valence electrons. The molecule has 0 aliphatic rings. The van der Waals surface area contributed by atoms with Gasteiger partial charge in [-0.15, -0.1) is 0 Å². The molecule has 6 heteroatoms. The number of fused-ring (bicyclic) bond motifs is 1. The monoisotopic (exact) mass is 339 g/mol. The molecule has 0 saturated carbocycles. The number of nitrogens with zero attached hydrogens (tertiary/aromatic N) is 1. The van der Waals surface area contributed by atoms with Gasteiger partial charge in [-0.2, -0.15) is 0 Å². The molecule has 0 spiro atoms. The van der Waals surface area contributed by atoms with Crippen molar-refractivity contribution in [3.63, 3.8) is 0 Å². The lowest BCUT2D eigenvalue weighted by atomic mass is 10.0. The zero-order valence-corrected chi connectivity index (χ0v) is 14.3. The number of rotatable bonds is 6. The van der Waals surface area contributed by atoms with Crippen LogP contribution in [0.1, 0.15) is 25.5 Å². The fourth-order valence-electron chi connectivity index (χ4n) is 2.99. The highest BCUT2D eigenvalue weighted by Crippen LogP contribution is 2.23. The lowest BCUT2D eigenvalue weighted by molar-refractivity contribution is -0.121. The minimum atomic E-state index is -0.510. The van der Waals surface area contributed by atoms with Crippen molar-refractivity contribution in [3.8, 4) is 0 Å². The molecule has 0 fully saturated rings. The number of amides is 1. The molecule has 3 aromatic rings. The van der Waals surface area contributed by atoms with E-state index < -0.39 is 5.76 Å². The molecule has 2 N–H and O–H groups in total. The van der Waals surface area contributed by atoms with Gasteiger partial charge in [0, 0.05) is 5.69 Å². The van der Waals surface area contributed by atoms with Crippen LogP contribution in [0.4, 0.5) is 5.69 Å². The summed E-state index contributed by atoms with van der Waals surface area (Å²) in [6.45, 7) is 5.60. The lowest BCUT2D eigenvalue weighted by Gasteiger charge is -2.29. The van der Waals surface area contributed by atoms with E-state index in [1.807, 2.05) is 44.2 Å². The van der Waals surface area contributed by atoms with Crippen molar-refractivity contribution in [1.82, 2.24) is 9.88 Å². The molecule has 1 aromatic heterocycles. The summed E-state index contributed by atoms with van der Waals surface area (Å²) in [5.41, 5.74) is 2.58. The molecule has 0 saturated heterocycles. The molecule has 1 amide bonds. The molecule has 0 aliphatic carbocycles. The average molecular weight is 339 g/mol. The van der Waals surface area contributed by atoms with E-state index in [0.717, 1.165) is 18.7 Å². The zero-order valence-electron chi connectivity index (χ0n) is 14.3. The summed E-state index contributed by atoms with van der Waals surface area (Å²) >= 11 is 0. The highest BCUT2D eigenvalue weighted by Gasteiger charge is 2.25. The van der Waals surface area contributed by atoms with E-state index in [4.69, 9.17) is 4.42 Å². The normalized spacial score (nSPS) is 12.4. The third kappa shape index (κ3) is 3.64. The number of nitrogens with one attached hydrogen (secondary N) is 2. The molecule has 0 unspecified atom stereocenters. The van der Waals surface area contributed by atoms with Gasteiger partial charge in [-0.05, 0) is 36.9 Å². The molecule has 3 rings (SSSR count). The number of carbonyl (C=O) groups excluding carboxylic acids is 1. The van der Waals surface area contributed by atoms with Crippen LogP contribution in [-0.2, 0) is 4.79 Å². The number of hydrogen-bond acceptors (Lipinski definition) is 4. The second-order valence-electron chi connectivity index (χ2n) is 5.75. The maximum absolute atomic E-state index is 13.0. The second kappa shape index (κ2) is 7.36. The first-order valence-electron chi connectivity index (χ1n) is 8.35. The maximum atomic E-state index is 13.0. The van der Waals surface area contributed by atoms with E-state index in [0.29, 0.717) is 16.8 Å². The lowest BCUT2D eigenvalue weighted by Crippen LogP contribution is -2.37. The Kier molecular flexibility index (Phi) is 5.00. The summed E-state index contributed by atoms with van der Waals surface area (Å²) in [5, 5.41) is 2.95. The van der Waals surface area contributed by atoms with E-state index in [9.17, 15) is 9.59 Å². The summed E-state index contributed by atoms with van der Waals surface area (Å²) < 4.78 is 4.99. The molecule has 2 aromatic carbocycles. The number of benzene rings is 2. The highest BCUT2D eigenvalue weighted by atomic mass is 16.4. The van der Waals surface area contributed by atoms with E-state index in [-0.39, 0.29) is 11.9 Å². The van der Waals surface area contributed by atoms with Crippen molar-refractivity contribution in [2.75, 3.05) is 18.4 Å². The van der Waals surface area contributed by atoms with Gasteiger partial charge in [-0.25, -0.2) is 4.79 Å². The first-order chi connectivity index (χ1) is 12.1. The van der Waals surface area contributed by atoms with Crippen LogP contribution >= 0.6 is 0 Å². The van der Waals surface area contributed by atoms with Crippen molar-refractivity contribution in [2.24, 2.45) is 0 Å². The fraction of sp³-hybridized carbons (Fsp3) is 0.263. The number of hydrogen-bond donors (Lipinski definition) is 2. The summed E-state index contributed by atoms with van der Waals surface area (Å²) in [5.74, 6) is -0.621. The van der Waals surface area contributed by atoms with Gasteiger partial charge in [-0.1, -0.05) is 44.2 Å². The van der Waals surface area contributed by atoms with Crippen LogP contribution in [0, 0.1) is 0 Å². The summed E-state index contributed by atoms with van der Waals surface area (Å²) in [6.07, 6.45) is 0. The van der Waals surface area contributed by atoms with Gasteiger partial charge in [0.15, 0.2) is 5.58 Å². The summed E-state index contributed by atoms with van der Waals surface area (Å²) in [4.78, 5) is 28.9. The molecule has 0 radical (unpaired) electrons. The molecule has 0 aliphatic heterocycles. The maximum Gasteiger partial charge on any atom is 0.417 e. The molecular formula is C19H21N3O3. The van der Waals surface area contributed by atoms with E-state index >= 15 is 0 Å². The van der Waals surface area contributed by atoms with E-state index in [1.54, 1.807) is 18.2 Å². The Morgan fingerprint density at radius 1 is 1.16 bits per heavy atom. The number of anilines is 1. The van der Waals surface area contributed by atoms with Gasteiger partial charge in [0.05, 0.1) is 5.52 Å². The minimum Gasteiger partial charge on any atom is -0.408 e. The average Bonchev–Trinajstić information content (AvgIpc) is 2.99. The molecular weight excluding hydrogens is 318 g/mol. The predicted molar refractivity (Wildman–Crippen MR) is 97.6 cm³/mol. The largest absolute Gasteiger partial charge is 0.417 e. The third-order valence-electron chi connectivity index (χ3n) is 4.23. The Morgan fingerprint density at radius 2 is 1.88 bits per heavy atom. The van der Waals surface area contributed by atoms with Gasteiger partial charge in [-0.3, -0.25) is 14.7 Å². The Bertz CT molecular complexity index is 910. The Morgan fingerprint density at radius 3 is 2.56 bits per heavy atom. The van der Waals surface area contributed by atoms with Crippen molar-refractivity contribution in [3.05, 3.63) is 64.6 Å². The number of likely N-dealkylation sites (N-methyl/N-ethyl adjacent to an activating group) is 1. The topological polar surface area (TPSA) is 78.3 Å². The van der Waals surface area contributed by atoms with Crippen LogP contribution in [-0.4, -0.2) is 28.9 Å². The first kappa shape index (κ1) is 17.0. The smallest absolute Gasteiger partial charge is 0.408 e. The number of aromatic nitrogens is 1. The summed E-state index contributed by atoms with van der Waals surface area (Å²) in [7, 11) is 0. The first-order valence-corrected chi connectivity index (χ1v) is 8.35. The number of aromatic amines is 1. The SMILES string of the molecule is CCN(CC)[C@@H](C(=O)Nc1ccc2oc(=O)[nH]c2c1)c1ccccc1. The fourth-order valence-corrected chi connectivity index (χ4v) is 2.99. The Balaban J connectivity index is 1.89. The third-order valence-corrected chi connectivity index (χ3v) is 4.23. The summed E-state index contributed by atoms with van der Waals surface area (Å²) in [6, 6.07) is 14.4. The zero-order chi connectivity index (χ0) is 17.8. The van der Waals surface area contributed by atoms with Crippen LogP contribution in [0.5, 0.6) is 0 Å². The Labute approximate surface area is 145 Å². The Hall–Kier alpha value is -2.86. The number of carbonyl (C=O) groups is 1. The molecule has 1 atom stereocenters. The molecule has 25 heavy (non-hydrogen) atoms. The van der Waals surface area contributed by atoms with E-state index in [1.165, 1.54) is 0 Å². The van der Waals surface area contributed by atoms with Crippen molar-refractivity contribution >= 4 is 22.7 Å². The van der Waals surface area contributed by atoms with Crippen LogP contribution in [0.25, 0.3) is 11.1 Å². The molecule has 1 heterocycles. The van der Waals surface area contributed by atoms with Crippen molar-refractivity contribution in [2.45, 2.75) is 19.9 Å². The van der Waals surface area contributed by atoms with Gasteiger partial charge in [0.2, 0.25) is 5.91 Å². The van der Waals surface area contributed by atoms with Crippen molar-refractivity contribution < 1.29 is 9.21 Å². The second-order valence-corrected chi connectivity index (χ2v) is 5.75. The highest BCUT2D eigenvalue weighted by molar-refractivity contribution is 5.96. The van der Waals surface area contributed by atoms with Crippen LogP contribution in [0.2, 0.25) is 0 Å². The predicted octanol–water partition coefficient (Wildman–Crippen LogP) is 3.14. The van der Waals surface area contributed by atoms with Crippen LogP contribution in [0.15, 0.2) is 57.7 Å². The van der Waals surface area contributed by atoms with Crippen LogP contribution < -0.4 is 11.1 Å². The molecule has 0 bridgehead atoms. The quantitative estimate of drug-likeness (QED) is 0.723. The standard InChI is InChI=1S/C19H21N3O3/c1-3-22(4-2)17(13-8-6-5-7-9-13)18(23)20-14-10-11-16-15(12-14)21-19(24)25-16/h5-12,17H,3-4H2,1-2H3,(H,20,23)(H,21,24)/t17-/m1/s1. The van der Waals surface area contributed by atoms with E-state index in [2.05, 4.69) is 15.2 Å². The van der Waals surface area contributed by atoms with Gasteiger partial charge in [0.25, 0.3) is 0 Å². The number of oxazole rings is 1. The van der Waals surface area contributed by atoms with Crippen molar-refractivity contribution in [1.29, 1.82) is 0 Å². The van der Waals surface area contributed by atoms with Crippen LogP contribution in [0.3, 0.4) is 0 Å². The van der Waals surface area contributed by atoms with Gasteiger partial charge < -0.3 is 9.73 Å². The molecule has 6 nitrogen and oxygen atoms in total. The minimum absolute atomic E-state index is 0.111. The number of H-pyrrole nitrogens is 1. The van der Waals surface area contributed by atoms with Gasteiger partial charge >= 0.3 is 5.76 Å².